The van der Waals surface area contributed by atoms with Crippen molar-refractivity contribution in [2.75, 3.05) is 33.0 Å². The van der Waals surface area contributed by atoms with Gasteiger partial charge in [0, 0.05) is 13.0 Å². The molecule has 0 spiro atoms. The van der Waals surface area contributed by atoms with Crippen LogP contribution in [0, 0.1) is 0 Å². The number of allylic oxidation sites excluding steroid dienone is 18. The van der Waals surface area contributed by atoms with Crippen LogP contribution in [0.4, 0.5) is 0 Å². The molecule has 0 amide bonds. The summed E-state index contributed by atoms with van der Waals surface area (Å²) in [5, 5.41) is 72.4. The Kier molecular flexibility index (Phi) is 44.0. The number of carbonyl (C=O) groups excluding carboxylic acids is 1. The van der Waals surface area contributed by atoms with Crippen LogP contribution >= 0.6 is 0 Å². The van der Waals surface area contributed by atoms with Crippen molar-refractivity contribution in [3.8, 4) is 0 Å². The highest BCUT2D eigenvalue weighted by atomic mass is 16.7. The van der Waals surface area contributed by atoms with Gasteiger partial charge in [-0.05, 0) is 96.3 Å². The molecule has 0 aromatic carbocycles. The summed E-state index contributed by atoms with van der Waals surface area (Å²) < 4.78 is 34.4. The van der Waals surface area contributed by atoms with Crippen LogP contribution in [0.2, 0.25) is 0 Å². The Morgan fingerprint density at radius 2 is 0.805 bits per heavy atom. The van der Waals surface area contributed by atoms with E-state index in [0.29, 0.717) is 13.0 Å². The lowest BCUT2D eigenvalue weighted by Crippen LogP contribution is -2.61. The summed E-state index contributed by atoms with van der Waals surface area (Å²) >= 11 is 0. The standard InChI is InChI=1S/C63H104O14/c1-3-5-7-9-11-13-15-17-19-21-23-24-25-26-27-29-31-33-35-37-39-41-43-45-47-72-49-52(75-55(65)46-44-42-40-38-36-34-32-30-28-22-20-18-16-14-12-10-8-6-4-2)50-73-62-61(71)59(69)57(67)54(77-62)51-74-63-60(70)58(68)56(66)53(48-64)76-63/h5-8,11-14,17-20,23-24,26-28,30,52-54,56-64,66-71H,3-4,9-10,15-16,21-22,25,29,31-51H2,1-2H3/b7-5-,8-6-,13-11-,14-12-,19-17-,20-18-,24-23-,27-26-,30-28-. The van der Waals surface area contributed by atoms with Gasteiger partial charge in [-0.3, -0.25) is 4.79 Å². The van der Waals surface area contributed by atoms with Crippen LogP contribution in [-0.2, 0) is 33.2 Å². The van der Waals surface area contributed by atoms with Crippen molar-refractivity contribution in [1.82, 2.24) is 0 Å². The monoisotopic (exact) mass is 1080 g/mol. The molecule has 77 heavy (non-hydrogen) atoms. The number of esters is 1. The van der Waals surface area contributed by atoms with Gasteiger partial charge in [-0.25, -0.2) is 0 Å². The molecule has 7 N–H and O–H groups in total. The first kappa shape index (κ1) is 69.8. The van der Waals surface area contributed by atoms with E-state index < -0.39 is 86.7 Å². The normalized spacial score (nSPS) is 25.1. The number of carbonyl (C=O) groups is 1. The summed E-state index contributed by atoms with van der Waals surface area (Å²) in [5.41, 5.74) is 0. The lowest BCUT2D eigenvalue weighted by molar-refractivity contribution is -0.332. The van der Waals surface area contributed by atoms with Gasteiger partial charge in [0.15, 0.2) is 12.6 Å². The Morgan fingerprint density at radius 1 is 0.429 bits per heavy atom. The zero-order chi connectivity index (χ0) is 55.8. The molecule has 2 aliphatic rings. The van der Waals surface area contributed by atoms with Gasteiger partial charge in [0.05, 0.1) is 26.4 Å². The molecule has 440 valence electrons. The van der Waals surface area contributed by atoms with E-state index in [0.717, 1.165) is 122 Å². The lowest BCUT2D eigenvalue weighted by atomic mass is 9.98. The van der Waals surface area contributed by atoms with Gasteiger partial charge >= 0.3 is 5.97 Å². The third-order valence-electron chi connectivity index (χ3n) is 13.3. The average molecular weight is 1090 g/mol. The molecule has 2 rings (SSSR count). The van der Waals surface area contributed by atoms with E-state index in [1.165, 1.54) is 32.1 Å². The number of rotatable bonds is 46. The molecule has 11 atom stereocenters. The first-order valence-corrected chi connectivity index (χ1v) is 29.5. The molecule has 11 unspecified atom stereocenters. The van der Waals surface area contributed by atoms with Crippen molar-refractivity contribution in [1.29, 1.82) is 0 Å². The third kappa shape index (κ3) is 35.1. The highest BCUT2D eigenvalue weighted by Gasteiger charge is 2.47. The molecule has 0 saturated carbocycles. The van der Waals surface area contributed by atoms with Gasteiger partial charge < -0.3 is 64.2 Å². The van der Waals surface area contributed by atoms with Crippen LogP contribution in [0.1, 0.15) is 181 Å². The summed E-state index contributed by atoms with van der Waals surface area (Å²) in [4.78, 5) is 13.1. The van der Waals surface area contributed by atoms with Gasteiger partial charge in [-0.1, -0.05) is 187 Å². The van der Waals surface area contributed by atoms with E-state index in [1.54, 1.807) is 0 Å². The van der Waals surface area contributed by atoms with Gasteiger partial charge in [0.1, 0.15) is 54.9 Å². The van der Waals surface area contributed by atoms with Crippen LogP contribution in [0.3, 0.4) is 0 Å². The number of aliphatic hydroxyl groups is 7. The Bertz CT molecular complexity index is 1690. The van der Waals surface area contributed by atoms with Crippen molar-refractivity contribution in [2.24, 2.45) is 0 Å². The average Bonchev–Trinajstić information content (AvgIpc) is 3.43. The third-order valence-corrected chi connectivity index (χ3v) is 13.3. The molecular weight excluding hydrogens is 981 g/mol. The van der Waals surface area contributed by atoms with E-state index in [-0.39, 0.29) is 19.6 Å². The Morgan fingerprint density at radius 3 is 1.26 bits per heavy atom. The van der Waals surface area contributed by atoms with Crippen molar-refractivity contribution in [3.63, 3.8) is 0 Å². The van der Waals surface area contributed by atoms with E-state index in [4.69, 9.17) is 28.4 Å². The number of ether oxygens (including phenoxy) is 6. The number of unbranched alkanes of at least 4 members (excludes halogenated alkanes) is 14. The number of hydrogen-bond acceptors (Lipinski definition) is 14. The molecule has 14 heteroatoms. The molecule has 14 nitrogen and oxygen atoms in total. The number of hydrogen-bond donors (Lipinski definition) is 7. The molecule has 0 radical (unpaired) electrons. The maximum absolute atomic E-state index is 13.1. The minimum atomic E-state index is -1.72. The molecular formula is C63H104O14. The highest BCUT2D eigenvalue weighted by Crippen LogP contribution is 2.26. The SMILES string of the molecule is CC/C=C\C/C=C\C/C=C\C/C=C\C/C=C\CCCCCCCCCCOCC(COC1OC(COC2OC(CO)C(O)C(O)C2O)C(O)C(O)C1O)OC(=O)CCCCCCCC/C=C\C/C=C\C/C=C\C/C=C\CC. The van der Waals surface area contributed by atoms with Crippen LogP contribution in [0.5, 0.6) is 0 Å². The zero-order valence-corrected chi connectivity index (χ0v) is 47.2. The Hall–Kier alpha value is -3.35. The van der Waals surface area contributed by atoms with Gasteiger partial charge in [-0.15, -0.1) is 0 Å². The molecule has 2 fully saturated rings. The van der Waals surface area contributed by atoms with Crippen LogP contribution in [0.15, 0.2) is 109 Å². The molecule has 2 saturated heterocycles. The fourth-order valence-corrected chi connectivity index (χ4v) is 8.60. The van der Waals surface area contributed by atoms with Crippen LogP contribution in [-0.4, -0.2) is 142 Å². The molecule has 2 aliphatic heterocycles. The van der Waals surface area contributed by atoms with Crippen molar-refractivity contribution in [2.45, 2.75) is 248 Å². The van der Waals surface area contributed by atoms with E-state index in [1.807, 2.05) is 0 Å². The summed E-state index contributed by atoms with van der Waals surface area (Å²) in [5.74, 6) is -0.397. The molecule has 2 heterocycles. The second kappa shape index (κ2) is 48.5. The van der Waals surface area contributed by atoms with E-state index >= 15 is 0 Å². The van der Waals surface area contributed by atoms with Crippen molar-refractivity contribution >= 4 is 5.97 Å². The van der Waals surface area contributed by atoms with Crippen molar-refractivity contribution < 1.29 is 69.0 Å². The van der Waals surface area contributed by atoms with Gasteiger partial charge in [0.2, 0.25) is 0 Å². The summed E-state index contributed by atoms with van der Waals surface area (Å²) in [6, 6.07) is 0. The minimum absolute atomic E-state index is 0.0422. The maximum atomic E-state index is 13.1. The number of aliphatic hydroxyl groups excluding tert-OH is 7. The molecule has 0 bridgehead atoms. The highest BCUT2D eigenvalue weighted by molar-refractivity contribution is 5.69. The van der Waals surface area contributed by atoms with Crippen LogP contribution in [0.25, 0.3) is 0 Å². The quantitative estimate of drug-likeness (QED) is 0.0172. The van der Waals surface area contributed by atoms with Gasteiger partial charge in [-0.2, -0.15) is 0 Å². The first-order valence-electron chi connectivity index (χ1n) is 29.5. The van der Waals surface area contributed by atoms with E-state index in [9.17, 15) is 40.5 Å². The van der Waals surface area contributed by atoms with Crippen molar-refractivity contribution in [3.05, 3.63) is 109 Å². The molecule has 0 aromatic rings. The predicted molar refractivity (Wildman–Crippen MR) is 307 cm³/mol. The van der Waals surface area contributed by atoms with E-state index in [2.05, 4.69) is 123 Å². The Balaban J connectivity index is 1.72. The minimum Gasteiger partial charge on any atom is -0.457 e. The fourth-order valence-electron chi connectivity index (χ4n) is 8.60. The first-order chi connectivity index (χ1) is 37.6. The molecule has 0 aromatic heterocycles. The lowest BCUT2D eigenvalue weighted by Gasteiger charge is -2.42. The largest absolute Gasteiger partial charge is 0.457 e. The van der Waals surface area contributed by atoms with Crippen LogP contribution < -0.4 is 0 Å². The summed E-state index contributed by atoms with van der Waals surface area (Å²) in [6.07, 6.45) is 50.0. The Labute approximate surface area is 464 Å². The summed E-state index contributed by atoms with van der Waals surface area (Å²) in [7, 11) is 0. The summed E-state index contributed by atoms with van der Waals surface area (Å²) in [6.45, 7) is 3.41. The molecule has 0 aliphatic carbocycles. The maximum Gasteiger partial charge on any atom is 0.306 e. The second-order valence-corrected chi connectivity index (χ2v) is 20.1. The fraction of sp³-hybridized carbons (Fsp3) is 0.698. The topological polar surface area (TPSA) is 214 Å². The predicted octanol–water partition coefficient (Wildman–Crippen LogP) is 10.7. The second-order valence-electron chi connectivity index (χ2n) is 20.1. The van der Waals surface area contributed by atoms with Gasteiger partial charge in [0.25, 0.3) is 0 Å². The smallest absolute Gasteiger partial charge is 0.306 e. The zero-order valence-electron chi connectivity index (χ0n) is 47.2.